The Morgan fingerprint density at radius 1 is 1.11 bits per heavy atom. The molecule has 0 radical (unpaired) electrons. The van der Waals surface area contributed by atoms with Gasteiger partial charge in [0, 0.05) is 57.7 Å². The highest BCUT2D eigenvalue weighted by atomic mass is 35.5. The molecule has 5 rings (SSSR count). The van der Waals surface area contributed by atoms with Crippen molar-refractivity contribution in [1.29, 1.82) is 0 Å². The number of nitrogens with one attached hydrogen (secondary N) is 1. The van der Waals surface area contributed by atoms with Crippen LogP contribution in [0.2, 0.25) is 10.0 Å². The summed E-state index contributed by atoms with van der Waals surface area (Å²) in [5.41, 5.74) is 3.28. The van der Waals surface area contributed by atoms with Crippen LogP contribution in [0, 0.1) is 12.7 Å². The van der Waals surface area contributed by atoms with Crippen LogP contribution in [0.5, 0.6) is 11.5 Å². The second kappa shape index (κ2) is 14.7. The van der Waals surface area contributed by atoms with E-state index in [9.17, 15) is 9.59 Å². The fourth-order valence-corrected chi connectivity index (χ4v) is 5.24. The van der Waals surface area contributed by atoms with Crippen LogP contribution < -0.4 is 19.7 Å². The van der Waals surface area contributed by atoms with Gasteiger partial charge in [-0.25, -0.2) is 9.18 Å². The maximum Gasteiger partial charge on any atom is 0.414 e. The molecule has 0 fully saturated rings. The first-order valence-electron chi connectivity index (χ1n) is 14.6. The Morgan fingerprint density at radius 2 is 1.96 bits per heavy atom. The molecule has 12 heteroatoms. The highest BCUT2D eigenvalue weighted by Gasteiger charge is 2.27. The molecular weight excluding hydrogens is 622 g/mol. The molecule has 1 N–H and O–H groups in total. The lowest BCUT2D eigenvalue weighted by molar-refractivity contribution is 0.0953. The van der Waals surface area contributed by atoms with Gasteiger partial charge in [0.15, 0.2) is 5.75 Å². The van der Waals surface area contributed by atoms with Crippen LogP contribution in [0.25, 0.3) is 11.1 Å². The number of hydrogen-bond donors (Lipinski definition) is 1. The van der Waals surface area contributed by atoms with E-state index in [-0.39, 0.29) is 37.9 Å². The quantitative estimate of drug-likeness (QED) is 0.180. The second-order valence-corrected chi connectivity index (χ2v) is 11.3. The molecule has 0 atom stereocenters. The topological polar surface area (TPSA) is 94.9 Å². The third-order valence-electron chi connectivity index (χ3n) is 7.22. The van der Waals surface area contributed by atoms with E-state index >= 15 is 4.39 Å². The Kier molecular flexibility index (Phi) is 10.5. The van der Waals surface area contributed by atoms with Crippen molar-refractivity contribution in [3.8, 4) is 22.6 Å². The van der Waals surface area contributed by atoms with Gasteiger partial charge >= 0.3 is 6.09 Å². The zero-order valence-corrected chi connectivity index (χ0v) is 26.5. The normalized spacial score (nSPS) is 12.6. The Morgan fingerprint density at radius 3 is 2.78 bits per heavy atom. The summed E-state index contributed by atoms with van der Waals surface area (Å²) >= 11 is 12.6. The number of fused-ring (bicyclic) bond motifs is 1. The van der Waals surface area contributed by atoms with Crippen LogP contribution in [0.1, 0.15) is 41.3 Å². The van der Waals surface area contributed by atoms with Crippen LogP contribution in [-0.2, 0) is 11.3 Å². The number of carbonyl (C=O) groups is 2. The van der Waals surface area contributed by atoms with Gasteiger partial charge in [-0.1, -0.05) is 36.2 Å². The lowest BCUT2D eigenvalue weighted by atomic mass is 10.1. The SMILES string of the molecule is CCCNC(=O)c1ccc(Cl)c(Cn2cc(-c3cc(F)cc4c3OCCCN4C(=O)OCCOc3cccc(Cl)c3C)cn2)c1. The fourth-order valence-electron chi connectivity index (χ4n) is 4.90. The summed E-state index contributed by atoms with van der Waals surface area (Å²) in [4.78, 5) is 27.0. The minimum atomic E-state index is -0.641. The van der Waals surface area contributed by atoms with Gasteiger partial charge in [-0.15, -0.1) is 0 Å². The van der Waals surface area contributed by atoms with E-state index in [2.05, 4.69) is 10.4 Å². The van der Waals surface area contributed by atoms with Crippen LogP contribution in [0.4, 0.5) is 14.9 Å². The number of rotatable bonds is 10. The van der Waals surface area contributed by atoms with Crippen molar-refractivity contribution in [3.05, 3.63) is 93.5 Å². The summed E-state index contributed by atoms with van der Waals surface area (Å²) < 4.78 is 34.0. The third kappa shape index (κ3) is 7.69. The highest BCUT2D eigenvalue weighted by molar-refractivity contribution is 6.31. The van der Waals surface area contributed by atoms with E-state index < -0.39 is 11.9 Å². The number of nitrogens with zero attached hydrogens (tertiary/aromatic N) is 3. The molecule has 1 aromatic heterocycles. The van der Waals surface area contributed by atoms with E-state index in [4.69, 9.17) is 37.4 Å². The van der Waals surface area contributed by atoms with Crippen molar-refractivity contribution >= 4 is 40.9 Å². The maximum atomic E-state index is 15.0. The van der Waals surface area contributed by atoms with Crippen molar-refractivity contribution < 1.29 is 28.2 Å². The van der Waals surface area contributed by atoms with Gasteiger partial charge in [0.2, 0.25) is 0 Å². The zero-order valence-electron chi connectivity index (χ0n) is 24.9. The number of aromatic nitrogens is 2. The van der Waals surface area contributed by atoms with E-state index in [0.717, 1.165) is 12.0 Å². The predicted octanol–water partition coefficient (Wildman–Crippen LogP) is 7.30. The highest BCUT2D eigenvalue weighted by Crippen LogP contribution is 2.41. The fraction of sp³-hybridized carbons (Fsp3) is 0.303. The second-order valence-electron chi connectivity index (χ2n) is 10.5. The lowest BCUT2D eigenvalue weighted by Crippen LogP contribution is -2.33. The average Bonchev–Trinajstić information content (AvgIpc) is 3.39. The van der Waals surface area contributed by atoms with E-state index in [1.165, 1.54) is 17.0 Å². The van der Waals surface area contributed by atoms with Gasteiger partial charge in [-0.05, 0) is 61.7 Å². The molecule has 0 unspecified atom stereocenters. The summed E-state index contributed by atoms with van der Waals surface area (Å²) in [6, 6.07) is 13.0. The Bertz CT molecular complexity index is 1700. The molecule has 0 saturated heterocycles. The molecule has 1 aliphatic rings. The van der Waals surface area contributed by atoms with E-state index in [1.807, 2.05) is 13.8 Å². The molecule has 4 aromatic rings. The van der Waals surface area contributed by atoms with Gasteiger partial charge in [-0.3, -0.25) is 14.4 Å². The molecule has 0 aliphatic carbocycles. The van der Waals surface area contributed by atoms with E-state index in [0.29, 0.717) is 63.4 Å². The van der Waals surface area contributed by atoms with Crippen molar-refractivity contribution in [2.24, 2.45) is 0 Å². The number of halogens is 3. The van der Waals surface area contributed by atoms with Crippen LogP contribution in [-0.4, -0.2) is 54.7 Å². The van der Waals surface area contributed by atoms with Crippen molar-refractivity contribution in [3.63, 3.8) is 0 Å². The molecule has 0 spiro atoms. The summed E-state index contributed by atoms with van der Waals surface area (Å²) in [5.74, 6) is 0.228. The summed E-state index contributed by atoms with van der Waals surface area (Å²) in [7, 11) is 0. The molecule has 3 aromatic carbocycles. The number of amides is 2. The van der Waals surface area contributed by atoms with Crippen LogP contribution in [0.15, 0.2) is 60.9 Å². The van der Waals surface area contributed by atoms with Crippen molar-refractivity contribution in [1.82, 2.24) is 15.1 Å². The third-order valence-corrected chi connectivity index (χ3v) is 8.00. The number of anilines is 1. The molecule has 0 saturated carbocycles. The number of benzene rings is 3. The van der Waals surface area contributed by atoms with Gasteiger partial charge < -0.3 is 19.5 Å². The van der Waals surface area contributed by atoms with E-state index in [1.54, 1.807) is 53.5 Å². The van der Waals surface area contributed by atoms with Gasteiger partial charge in [0.25, 0.3) is 5.91 Å². The number of ether oxygens (including phenoxy) is 3. The standard InChI is InChI=1S/C33H33Cl2FN4O5/c1-3-10-37-32(41)22-8-9-28(35)23(15-22)19-39-20-24(18-38-39)26-16-25(36)17-29-31(26)44-12-5-11-40(29)33(42)45-14-13-43-30-7-4-6-27(34)21(30)2/h4,6-9,15-18,20H,3,5,10-14,19H2,1-2H3,(H,37,41). The molecule has 0 bridgehead atoms. The summed E-state index contributed by atoms with van der Waals surface area (Å²) in [6.45, 7) is 5.39. The largest absolute Gasteiger partial charge is 0.491 e. The first-order valence-corrected chi connectivity index (χ1v) is 15.4. The van der Waals surface area contributed by atoms with Crippen molar-refractivity contribution in [2.45, 2.75) is 33.2 Å². The minimum absolute atomic E-state index is 0.0174. The molecule has 45 heavy (non-hydrogen) atoms. The first-order chi connectivity index (χ1) is 21.7. The molecular formula is C33H33Cl2FN4O5. The van der Waals surface area contributed by atoms with Crippen LogP contribution >= 0.6 is 23.2 Å². The van der Waals surface area contributed by atoms with Gasteiger partial charge in [0.1, 0.15) is 24.8 Å². The number of hydrogen-bond acceptors (Lipinski definition) is 6. The summed E-state index contributed by atoms with van der Waals surface area (Å²) in [5, 5.41) is 8.38. The molecule has 2 heterocycles. The smallest absolute Gasteiger partial charge is 0.414 e. The molecule has 9 nitrogen and oxygen atoms in total. The number of carbonyl (C=O) groups excluding carboxylic acids is 2. The van der Waals surface area contributed by atoms with Crippen LogP contribution in [0.3, 0.4) is 0 Å². The monoisotopic (exact) mass is 654 g/mol. The minimum Gasteiger partial charge on any atom is -0.491 e. The zero-order chi connectivity index (χ0) is 31.9. The average molecular weight is 656 g/mol. The van der Waals surface area contributed by atoms with Gasteiger partial charge in [-0.2, -0.15) is 5.10 Å². The summed E-state index contributed by atoms with van der Waals surface area (Å²) in [6.07, 6.45) is 4.03. The Labute approximate surface area is 270 Å². The first kappa shape index (κ1) is 32.1. The Hall–Kier alpha value is -4.28. The molecule has 236 valence electrons. The molecule has 1 aliphatic heterocycles. The van der Waals surface area contributed by atoms with Crippen molar-refractivity contribution in [2.75, 3.05) is 37.8 Å². The lowest BCUT2D eigenvalue weighted by Gasteiger charge is -2.22. The molecule has 2 amide bonds. The maximum absolute atomic E-state index is 15.0. The predicted molar refractivity (Wildman–Crippen MR) is 171 cm³/mol. The van der Waals surface area contributed by atoms with Gasteiger partial charge in [0.05, 0.1) is 25.0 Å². The Balaban J connectivity index is 1.32.